The first kappa shape index (κ1) is 13.5. The van der Waals surface area contributed by atoms with Crippen molar-refractivity contribution in [1.82, 2.24) is 5.32 Å². The number of nitrogens with one attached hydrogen (secondary N) is 1. The SMILES string of the molecule is CCCNC(c1cccc(F)c1)C1OCCC1C. The van der Waals surface area contributed by atoms with E-state index in [4.69, 9.17) is 4.74 Å². The first-order valence-electron chi connectivity index (χ1n) is 6.83. The minimum atomic E-state index is -0.179. The quantitative estimate of drug-likeness (QED) is 0.867. The van der Waals surface area contributed by atoms with Gasteiger partial charge in [-0.2, -0.15) is 0 Å². The van der Waals surface area contributed by atoms with Crippen molar-refractivity contribution < 1.29 is 9.13 Å². The van der Waals surface area contributed by atoms with Gasteiger partial charge in [-0.15, -0.1) is 0 Å². The van der Waals surface area contributed by atoms with Crippen LogP contribution in [0.2, 0.25) is 0 Å². The van der Waals surface area contributed by atoms with Gasteiger partial charge in [-0.3, -0.25) is 0 Å². The molecule has 1 saturated heterocycles. The first-order chi connectivity index (χ1) is 8.72. The molecule has 1 heterocycles. The highest BCUT2D eigenvalue weighted by molar-refractivity contribution is 5.22. The van der Waals surface area contributed by atoms with Gasteiger partial charge in [0.2, 0.25) is 0 Å². The second-order valence-corrected chi connectivity index (χ2v) is 5.09. The number of hydrogen-bond donors (Lipinski definition) is 1. The Labute approximate surface area is 109 Å². The third-order valence-electron chi connectivity index (χ3n) is 3.59. The zero-order chi connectivity index (χ0) is 13.0. The summed E-state index contributed by atoms with van der Waals surface area (Å²) in [6.07, 6.45) is 2.30. The molecule has 1 N–H and O–H groups in total. The highest BCUT2D eigenvalue weighted by Crippen LogP contribution is 2.31. The van der Waals surface area contributed by atoms with E-state index in [1.807, 2.05) is 6.07 Å². The van der Waals surface area contributed by atoms with Gasteiger partial charge >= 0.3 is 0 Å². The maximum atomic E-state index is 13.4. The molecule has 3 unspecified atom stereocenters. The summed E-state index contributed by atoms with van der Waals surface area (Å²) in [5.41, 5.74) is 0.988. The highest BCUT2D eigenvalue weighted by Gasteiger charge is 2.32. The molecule has 0 aromatic heterocycles. The molecule has 3 atom stereocenters. The van der Waals surface area contributed by atoms with Crippen LogP contribution >= 0.6 is 0 Å². The lowest BCUT2D eigenvalue weighted by Gasteiger charge is -2.27. The van der Waals surface area contributed by atoms with Crippen molar-refractivity contribution in [1.29, 1.82) is 0 Å². The van der Waals surface area contributed by atoms with E-state index in [-0.39, 0.29) is 18.0 Å². The maximum absolute atomic E-state index is 13.4. The zero-order valence-corrected chi connectivity index (χ0v) is 11.2. The molecule has 2 nitrogen and oxygen atoms in total. The fourth-order valence-electron chi connectivity index (χ4n) is 2.57. The molecule has 3 heteroatoms. The molecule has 0 aliphatic carbocycles. The third-order valence-corrected chi connectivity index (χ3v) is 3.59. The van der Waals surface area contributed by atoms with Crippen molar-refractivity contribution in [2.75, 3.05) is 13.2 Å². The summed E-state index contributed by atoms with van der Waals surface area (Å²) in [5.74, 6) is 0.337. The van der Waals surface area contributed by atoms with E-state index >= 15 is 0 Å². The van der Waals surface area contributed by atoms with E-state index in [0.717, 1.165) is 31.6 Å². The van der Waals surface area contributed by atoms with Crippen LogP contribution in [0, 0.1) is 11.7 Å². The number of hydrogen-bond acceptors (Lipinski definition) is 2. The van der Waals surface area contributed by atoms with E-state index in [1.54, 1.807) is 12.1 Å². The van der Waals surface area contributed by atoms with E-state index in [9.17, 15) is 4.39 Å². The second kappa shape index (κ2) is 6.30. The first-order valence-corrected chi connectivity index (χ1v) is 6.83. The summed E-state index contributed by atoms with van der Waals surface area (Å²) in [6.45, 7) is 6.07. The van der Waals surface area contributed by atoms with E-state index in [1.165, 1.54) is 6.07 Å². The van der Waals surface area contributed by atoms with Crippen LogP contribution in [-0.2, 0) is 4.74 Å². The van der Waals surface area contributed by atoms with Gasteiger partial charge in [0, 0.05) is 6.61 Å². The van der Waals surface area contributed by atoms with Crippen LogP contribution in [0.15, 0.2) is 24.3 Å². The molecule has 2 rings (SSSR count). The molecule has 1 aromatic rings. The van der Waals surface area contributed by atoms with Crippen LogP contribution < -0.4 is 5.32 Å². The van der Waals surface area contributed by atoms with Crippen molar-refractivity contribution in [3.63, 3.8) is 0 Å². The molecule has 0 amide bonds. The van der Waals surface area contributed by atoms with Gasteiger partial charge in [0.25, 0.3) is 0 Å². The number of halogens is 1. The Morgan fingerprint density at radius 1 is 1.50 bits per heavy atom. The summed E-state index contributed by atoms with van der Waals surface area (Å²) < 4.78 is 19.2. The predicted molar refractivity (Wildman–Crippen MR) is 71.0 cm³/mol. The second-order valence-electron chi connectivity index (χ2n) is 5.09. The van der Waals surface area contributed by atoms with Crippen LogP contribution in [0.25, 0.3) is 0 Å². The molecule has 100 valence electrons. The Balaban J connectivity index is 2.18. The van der Waals surface area contributed by atoms with Gasteiger partial charge in [-0.25, -0.2) is 4.39 Å². The summed E-state index contributed by atoms with van der Waals surface area (Å²) in [6, 6.07) is 6.94. The van der Waals surface area contributed by atoms with Crippen LogP contribution in [0.4, 0.5) is 4.39 Å². The van der Waals surface area contributed by atoms with Crippen molar-refractivity contribution in [3.05, 3.63) is 35.6 Å². The fourth-order valence-corrected chi connectivity index (χ4v) is 2.57. The molecular weight excluding hydrogens is 229 g/mol. The fraction of sp³-hybridized carbons (Fsp3) is 0.600. The smallest absolute Gasteiger partial charge is 0.123 e. The molecular formula is C15H22FNO. The van der Waals surface area contributed by atoms with Gasteiger partial charge < -0.3 is 10.1 Å². The Hall–Kier alpha value is -0.930. The van der Waals surface area contributed by atoms with Crippen molar-refractivity contribution in [3.8, 4) is 0 Å². The molecule has 1 aromatic carbocycles. The molecule has 0 radical (unpaired) electrons. The normalized spacial score (nSPS) is 25.3. The minimum Gasteiger partial charge on any atom is -0.376 e. The van der Waals surface area contributed by atoms with Gasteiger partial charge in [0.05, 0.1) is 12.1 Å². The van der Waals surface area contributed by atoms with Gasteiger partial charge in [-0.1, -0.05) is 26.0 Å². The highest BCUT2D eigenvalue weighted by atomic mass is 19.1. The van der Waals surface area contributed by atoms with Crippen LogP contribution in [0.3, 0.4) is 0 Å². The number of ether oxygens (including phenoxy) is 1. The Bertz CT molecular complexity index is 383. The minimum absolute atomic E-state index is 0.0955. The topological polar surface area (TPSA) is 21.3 Å². The standard InChI is InChI=1S/C15H22FNO/c1-3-8-17-14(15-11(2)7-9-18-15)12-5-4-6-13(16)10-12/h4-6,10-11,14-15,17H,3,7-9H2,1-2H3. The summed E-state index contributed by atoms with van der Waals surface area (Å²) in [5, 5.41) is 3.49. The maximum Gasteiger partial charge on any atom is 0.123 e. The summed E-state index contributed by atoms with van der Waals surface area (Å²) in [4.78, 5) is 0. The average Bonchev–Trinajstić information content (AvgIpc) is 2.77. The Morgan fingerprint density at radius 2 is 2.33 bits per heavy atom. The molecule has 0 saturated carbocycles. The lowest BCUT2D eigenvalue weighted by atomic mass is 9.92. The van der Waals surface area contributed by atoms with Crippen molar-refractivity contribution >= 4 is 0 Å². The molecule has 1 fully saturated rings. The van der Waals surface area contributed by atoms with Crippen molar-refractivity contribution in [2.45, 2.75) is 38.8 Å². The van der Waals surface area contributed by atoms with Crippen LogP contribution in [0.5, 0.6) is 0 Å². The molecule has 18 heavy (non-hydrogen) atoms. The molecule has 0 bridgehead atoms. The predicted octanol–water partition coefficient (Wildman–Crippen LogP) is 3.29. The monoisotopic (exact) mass is 251 g/mol. The third kappa shape index (κ3) is 3.09. The summed E-state index contributed by atoms with van der Waals surface area (Å²) in [7, 11) is 0. The number of benzene rings is 1. The van der Waals surface area contributed by atoms with Crippen molar-refractivity contribution in [2.24, 2.45) is 5.92 Å². The lowest BCUT2D eigenvalue weighted by molar-refractivity contribution is 0.0606. The van der Waals surface area contributed by atoms with Crippen LogP contribution in [0.1, 0.15) is 38.3 Å². The van der Waals surface area contributed by atoms with Gasteiger partial charge in [0.1, 0.15) is 5.82 Å². The molecule has 1 aliphatic rings. The van der Waals surface area contributed by atoms with E-state index < -0.39 is 0 Å². The lowest BCUT2D eigenvalue weighted by Crippen LogP contribution is -2.35. The summed E-state index contributed by atoms with van der Waals surface area (Å²) >= 11 is 0. The molecule has 1 aliphatic heterocycles. The van der Waals surface area contributed by atoms with Crippen LogP contribution in [-0.4, -0.2) is 19.3 Å². The van der Waals surface area contributed by atoms with E-state index in [2.05, 4.69) is 19.2 Å². The Kier molecular flexibility index (Phi) is 4.72. The Morgan fingerprint density at radius 3 is 2.94 bits per heavy atom. The number of rotatable bonds is 5. The largest absolute Gasteiger partial charge is 0.376 e. The molecule has 0 spiro atoms. The van der Waals surface area contributed by atoms with E-state index in [0.29, 0.717) is 5.92 Å². The van der Waals surface area contributed by atoms with Gasteiger partial charge in [0.15, 0.2) is 0 Å². The zero-order valence-electron chi connectivity index (χ0n) is 11.2. The average molecular weight is 251 g/mol. The van der Waals surface area contributed by atoms with Gasteiger partial charge in [-0.05, 0) is 43.0 Å².